The summed E-state index contributed by atoms with van der Waals surface area (Å²) in [6.07, 6.45) is 0. The summed E-state index contributed by atoms with van der Waals surface area (Å²) < 4.78 is 4.67. The van der Waals surface area contributed by atoms with Gasteiger partial charge < -0.3 is 15.0 Å². The molecule has 0 atom stereocenters. The number of anilines is 1. The van der Waals surface area contributed by atoms with Gasteiger partial charge in [-0.1, -0.05) is 11.3 Å². The lowest BCUT2D eigenvalue weighted by molar-refractivity contribution is 0.0605. The molecule has 6 heteroatoms. The molecule has 0 amide bonds. The average Bonchev–Trinajstić information content (AvgIpc) is 2.58. The molecule has 0 aliphatic carbocycles. The lowest BCUT2D eigenvalue weighted by Crippen LogP contribution is -2.20. The van der Waals surface area contributed by atoms with E-state index in [1.807, 2.05) is 14.1 Å². The lowest BCUT2D eigenvalue weighted by atomic mass is 10.4. The number of thiazole rings is 1. The first kappa shape index (κ1) is 12.9. The zero-order chi connectivity index (χ0) is 12.1. The maximum Gasteiger partial charge on any atom is 0.350 e. The molecule has 0 saturated heterocycles. The van der Waals surface area contributed by atoms with Crippen LogP contribution in [-0.2, 0) is 4.74 Å². The quantitative estimate of drug-likeness (QED) is 0.788. The van der Waals surface area contributed by atoms with E-state index in [-0.39, 0.29) is 5.97 Å². The van der Waals surface area contributed by atoms with Gasteiger partial charge in [0.1, 0.15) is 4.88 Å². The van der Waals surface area contributed by atoms with E-state index in [0.717, 1.165) is 18.2 Å². The monoisotopic (exact) mass is 243 g/mol. The van der Waals surface area contributed by atoms with Crippen LogP contribution in [-0.4, -0.2) is 50.1 Å². The van der Waals surface area contributed by atoms with Crippen molar-refractivity contribution >= 4 is 22.4 Å². The van der Waals surface area contributed by atoms with Crippen molar-refractivity contribution in [2.24, 2.45) is 0 Å². The number of esters is 1. The summed E-state index contributed by atoms with van der Waals surface area (Å²) in [5.74, 6) is -0.323. The Morgan fingerprint density at radius 2 is 2.25 bits per heavy atom. The second-order valence-corrected chi connectivity index (χ2v) is 4.65. The van der Waals surface area contributed by atoms with Crippen LogP contribution in [0.25, 0.3) is 0 Å². The molecule has 0 unspecified atom stereocenters. The molecule has 1 aromatic heterocycles. The van der Waals surface area contributed by atoms with Gasteiger partial charge in [0, 0.05) is 13.1 Å². The highest BCUT2D eigenvalue weighted by atomic mass is 32.1. The molecule has 0 fully saturated rings. The molecule has 5 nitrogen and oxygen atoms in total. The summed E-state index contributed by atoms with van der Waals surface area (Å²) in [7, 11) is 5.39. The summed E-state index contributed by atoms with van der Waals surface area (Å²) in [5.41, 5.74) is 0.712. The van der Waals surface area contributed by atoms with E-state index in [1.54, 1.807) is 6.92 Å². The minimum atomic E-state index is -0.323. The molecule has 0 aromatic carbocycles. The van der Waals surface area contributed by atoms with Gasteiger partial charge in [-0.3, -0.25) is 0 Å². The molecule has 0 aliphatic rings. The van der Waals surface area contributed by atoms with Crippen LogP contribution in [0.3, 0.4) is 0 Å². The van der Waals surface area contributed by atoms with Crippen LogP contribution in [0.15, 0.2) is 0 Å². The molecule has 90 valence electrons. The zero-order valence-electron chi connectivity index (χ0n) is 10.0. The Hall–Kier alpha value is -1.14. The minimum absolute atomic E-state index is 0.323. The first-order valence-corrected chi connectivity index (χ1v) is 5.80. The normalized spacial score (nSPS) is 10.6. The van der Waals surface area contributed by atoms with E-state index >= 15 is 0 Å². The molecule has 16 heavy (non-hydrogen) atoms. The van der Waals surface area contributed by atoms with Crippen molar-refractivity contribution in [1.29, 1.82) is 0 Å². The Kier molecular flexibility index (Phi) is 4.70. The Bertz CT molecular complexity index is 363. The Labute approximate surface area is 99.4 Å². The largest absolute Gasteiger partial charge is 0.465 e. The predicted molar refractivity (Wildman–Crippen MR) is 65.2 cm³/mol. The molecule has 0 radical (unpaired) electrons. The van der Waals surface area contributed by atoms with E-state index in [4.69, 9.17) is 0 Å². The standard InChI is InChI=1S/C10H17N3O2S/c1-7-8(9(14)15-4)16-10(12-7)11-5-6-13(2)3/h5-6H2,1-4H3,(H,11,12). The van der Waals surface area contributed by atoms with E-state index in [2.05, 4.69) is 19.9 Å². The predicted octanol–water partition coefficient (Wildman–Crippen LogP) is 1.21. The molecule has 1 heterocycles. The van der Waals surface area contributed by atoms with Crippen molar-refractivity contribution in [1.82, 2.24) is 9.88 Å². The van der Waals surface area contributed by atoms with Crippen LogP contribution < -0.4 is 5.32 Å². The van der Waals surface area contributed by atoms with Crippen LogP contribution in [0.5, 0.6) is 0 Å². The number of nitrogens with one attached hydrogen (secondary N) is 1. The fourth-order valence-corrected chi connectivity index (χ4v) is 2.05. The molecule has 0 saturated carbocycles. The molecule has 0 bridgehead atoms. The first-order valence-electron chi connectivity index (χ1n) is 4.99. The number of aromatic nitrogens is 1. The fraction of sp³-hybridized carbons (Fsp3) is 0.600. The number of carbonyl (C=O) groups excluding carboxylic acids is 1. The van der Waals surface area contributed by atoms with Crippen molar-refractivity contribution in [3.8, 4) is 0 Å². The summed E-state index contributed by atoms with van der Waals surface area (Å²) in [6, 6.07) is 0. The summed E-state index contributed by atoms with van der Waals surface area (Å²) in [6.45, 7) is 3.53. The van der Waals surface area contributed by atoms with Gasteiger partial charge in [-0.05, 0) is 21.0 Å². The third kappa shape index (κ3) is 3.46. The highest BCUT2D eigenvalue weighted by molar-refractivity contribution is 7.17. The van der Waals surface area contributed by atoms with Gasteiger partial charge >= 0.3 is 5.97 Å². The van der Waals surface area contributed by atoms with Crippen LogP contribution in [0, 0.1) is 6.92 Å². The SMILES string of the molecule is COC(=O)c1sc(NCCN(C)C)nc1C. The van der Waals surface area contributed by atoms with Crippen molar-refractivity contribution in [2.45, 2.75) is 6.92 Å². The molecule has 0 spiro atoms. The Morgan fingerprint density at radius 1 is 1.56 bits per heavy atom. The number of ether oxygens (including phenoxy) is 1. The third-order valence-corrected chi connectivity index (χ3v) is 3.10. The smallest absolute Gasteiger partial charge is 0.350 e. The van der Waals surface area contributed by atoms with Gasteiger partial charge in [0.15, 0.2) is 5.13 Å². The topological polar surface area (TPSA) is 54.5 Å². The van der Waals surface area contributed by atoms with Gasteiger partial charge in [-0.2, -0.15) is 0 Å². The van der Waals surface area contributed by atoms with Gasteiger partial charge in [-0.25, -0.2) is 9.78 Å². The molecular weight excluding hydrogens is 226 g/mol. The second-order valence-electron chi connectivity index (χ2n) is 3.66. The van der Waals surface area contributed by atoms with Gasteiger partial charge in [0.25, 0.3) is 0 Å². The van der Waals surface area contributed by atoms with E-state index in [1.165, 1.54) is 18.4 Å². The van der Waals surface area contributed by atoms with Crippen LogP contribution in [0.1, 0.15) is 15.4 Å². The summed E-state index contributed by atoms with van der Waals surface area (Å²) in [4.78, 5) is 18.2. The number of aryl methyl sites for hydroxylation is 1. The minimum Gasteiger partial charge on any atom is -0.465 e. The fourth-order valence-electron chi connectivity index (χ4n) is 1.14. The van der Waals surface area contributed by atoms with Crippen molar-refractivity contribution in [3.63, 3.8) is 0 Å². The molecule has 1 rings (SSSR count). The summed E-state index contributed by atoms with van der Waals surface area (Å²) >= 11 is 1.33. The zero-order valence-corrected chi connectivity index (χ0v) is 10.8. The number of hydrogen-bond donors (Lipinski definition) is 1. The number of methoxy groups -OCH3 is 1. The van der Waals surface area contributed by atoms with Gasteiger partial charge in [0.05, 0.1) is 12.8 Å². The lowest BCUT2D eigenvalue weighted by Gasteiger charge is -2.08. The number of hydrogen-bond acceptors (Lipinski definition) is 6. The number of rotatable bonds is 5. The van der Waals surface area contributed by atoms with E-state index in [9.17, 15) is 4.79 Å². The Morgan fingerprint density at radius 3 is 2.81 bits per heavy atom. The van der Waals surface area contributed by atoms with E-state index < -0.39 is 0 Å². The van der Waals surface area contributed by atoms with Crippen LogP contribution >= 0.6 is 11.3 Å². The van der Waals surface area contributed by atoms with Crippen LogP contribution in [0.2, 0.25) is 0 Å². The first-order chi connectivity index (χ1) is 7.54. The molecule has 1 N–H and O–H groups in total. The molecule has 1 aromatic rings. The van der Waals surface area contributed by atoms with Crippen molar-refractivity contribution in [2.75, 3.05) is 39.6 Å². The van der Waals surface area contributed by atoms with Gasteiger partial charge in [0.2, 0.25) is 0 Å². The third-order valence-electron chi connectivity index (χ3n) is 2.00. The van der Waals surface area contributed by atoms with Crippen molar-refractivity contribution in [3.05, 3.63) is 10.6 Å². The molecule has 0 aliphatic heterocycles. The second kappa shape index (κ2) is 5.81. The Balaban J connectivity index is 2.59. The maximum absolute atomic E-state index is 11.3. The maximum atomic E-state index is 11.3. The average molecular weight is 243 g/mol. The highest BCUT2D eigenvalue weighted by Gasteiger charge is 2.15. The summed E-state index contributed by atoms with van der Waals surface area (Å²) in [5, 5.41) is 3.94. The van der Waals surface area contributed by atoms with Gasteiger partial charge in [-0.15, -0.1) is 0 Å². The number of carbonyl (C=O) groups is 1. The molecular formula is C10H17N3O2S. The highest BCUT2D eigenvalue weighted by Crippen LogP contribution is 2.22. The number of nitrogens with zero attached hydrogens (tertiary/aromatic N) is 2. The van der Waals surface area contributed by atoms with Crippen LogP contribution in [0.4, 0.5) is 5.13 Å². The number of likely N-dealkylation sites (N-methyl/N-ethyl adjacent to an activating group) is 1. The van der Waals surface area contributed by atoms with E-state index in [0.29, 0.717) is 10.6 Å². The van der Waals surface area contributed by atoms with Crippen molar-refractivity contribution < 1.29 is 9.53 Å².